The second-order valence-electron chi connectivity index (χ2n) is 15.8. The second kappa shape index (κ2) is 14.4. The van der Waals surface area contributed by atoms with E-state index in [4.69, 9.17) is 9.62 Å². The second-order valence-corrected chi connectivity index (χ2v) is 15.8. The molecule has 0 radical (unpaired) electrons. The summed E-state index contributed by atoms with van der Waals surface area (Å²) in [5.41, 5.74) is 6.25. The van der Waals surface area contributed by atoms with Crippen LogP contribution >= 0.6 is 0 Å². The summed E-state index contributed by atoms with van der Waals surface area (Å²) in [5, 5.41) is 18.8. The SMILES string of the molecule is Cc1cc(-c2ncnn3cc(CCN4CCC(c5ccc6c(C7CCC(=O)NC7=O)nn(C)c6c5)CC4)cc23)ccc1CNC(=O)c1noc(C2(C(F)(F)F)CC2)n1. The molecular formula is C41H41F3N10O4. The molecule has 6 aromatic rings. The Hall–Kier alpha value is -5.97. The average Bonchev–Trinajstić information content (AvgIpc) is 3.53. The summed E-state index contributed by atoms with van der Waals surface area (Å²) >= 11 is 0. The highest BCUT2D eigenvalue weighted by Gasteiger charge is 2.68. The first-order chi connectivity index (χ1) is 27.9. The van der Waals surface area contributed by atoms with Crippen LogP contribution in [0.25, 0.3) is 27.7 Å². The summed E-state index contributed by atoms with van der Waals surface area (Å²) in [6, 6.07) is 14.4. The van der Waals surface area contributed by atoms with Crippen LogP contribution in [0.3, 0.4) is 0 Å². The van der Waals surface area contributed by atoms with E-state index in [0.717, 1.165) is 89.0 Å². The van der Waals surface area contributed by atoms with E-state index in [1.807, 2.05) is 47.6 Å². The van der Waals surface area contributed by atoms with Crippen LogP contribution in [-0.4, -0.2) is 83.0 Å². The monoisotopic (exact) mass is 794 g/mol. The van der Waals surface area contributed by atoms with Gasteiger partial charge in [0.05, 0.1) is 28.3 Å². The minimum Gasteiger partial charge on any atom is -0.345 e. The fourth-order valence-electron chi connectivity index (χ4n) is 8.44. The number of hydrogen-bond donors (Lipinski definition) is 2. The summed E-state index contributed by atoms with van der Waals surface area (Å²) in [6.45, 7) is 4.91. The van der Waals surface area contributed by atoms with Crippen molar-refractivity contribution < 1.29 is 32.1 Å². The largest absolute Gasteiger partial charge is 0.403 e. The molecule has 3 amide bonds. The molecule has 6 heterocycles. The zero-order chi connectivity index (χ0) is 40.3. The lowest BCUT2D eigenvalue weighted by atomic mass is 9.87. The molecule has 1 saturated carbocycles. The number of carbonyl (C=O) groups excluding carboxylic acids is 3. The number of nitrogens with one attached hydrogen (secondary N) is 2. The van der Waals surface area contributed by atoms with Gasteiger partial charge in [-0.3, -0.25) is 24.4 Å². The van der Waals surface area contributed by atoms with Crippen molar-refractivity contribution in [2.75, 3.05) is 19.6 Å². The average molecular weight is 795 g/mol. The minimum absolute atomic E-state index is 0.123. The Labute approximate surface area is 330 Å². The first kappa shape index (κ1) is 37.6. The van der Waals surface area contributed by atoms with Crippen molar-refractivity contribution in [2.45, 2.75) is 81.8 Å². The number of likely N-dealkylation sites (tertiary alicyclic amines) is 1. The van der Waals surface area contributed by atoms with Crippen LogP contribution in [-0.2, 0) is 35.0 Å². The Balaban J connectivity index is 0.803. The van der Waals surface area contributed by atoms with Gasteiger partial charge < -0.3 is 14.7 Å². The van der Waals surface area contributed by atoms with Gasteiger partial charge in [-0.05, 0) is 105 Å². The molecule has 1 aliphatic carbocycles. The van der Waals surface area contributed by atoms with Crippen LogP contribution in [0.15, 0.2) is 59.5 Å². The van der Waals surface area contributed by atoms with Crippen molar-refractivity contribution in [1.29, 1.82) is 0 Å². The number of amides is 3. The molecule has 2 aromatic carbocycles. The molecule has 3 fully saturated rings. The molecule has 9 rings (SSSR count). The molecule has 1 unspecified atom stereocenters. The molecule has 3 aliphatic rings. The molecule has 17 heteroatoms. The van der Waals surface area contributed by atoms with Crippen LogP contribution in [0.1, 0.15) is 94.8 Å². The van der Waals surface area contributed by atoms with Gasteiger partial charge in [-0.15, -0.1) is 0 Å². The van der Waals surface area contributed by atoms with Gasteiger partial charge in [-0.2, -0.15) is 28.4 Å². The number of halogens is 3. The van der Waals surface area contributed by atoms with Crippen LogP contribution in [0.4, 0.5) is 13.2 Å². The molecule has 1 atom stereocenters. The minimum atomic E-state index is -4.51. The van der Waals surface area contributed by atoms with Gasteiger partial charge in [-0.25, -0.2) is 9.50 Å². The van der Waals surface area contributed by atoms with Crippen molar-refractivity contribution >= 4 is 34.1 Å². The lowest BCUT2D eigenvalue weighted by Crippen LogP contribution is -2.39. The number of imide groups is 1. The van der Waals surface area contributed by atoms with Gasteiger partial charge >= 0.3 is 6.18 Å². The first-order valence-corrected chi connectivity index (χ1v) is 19.5. The molecule has 2 N–H and O–H groups in total. The van der Waals surface area contributed by atoms with E-state index in [-0.39, 0.29) is 31.2 Å². The van der Waals surface area contributed by atoms with E-state index in [2.05, 4.69) is 60.0 Å². The zero-order valence-corrected chi connectivity index (χ0v) is 32.0. The normalized spacial score (nSPS) is 18.9. The summed E-state index contributed by atoms with van der Waals surface area (Å²) in [5.74, 6) is -2.22. The third-order valence-electron chi connectivity index (χ3n) is 12.1. The lowest BCUT2D eigenvalue weighted by Gasteiger charge is -2.32. The van der Waals surface area contributed by atoms with Crippen LogP contribution in [0.2, 0.25) is 0 Å². The number of carbonyl (C=O) groups is 3. The Kier molecular flexibility index (Phi) is 9.36. The van der Waals surface area contributed by atoms with E-state index >= 15 is 0 Å². The number of aryl methyl sites for hydroxylation is 2. The van der Waals surface area contributed by atoms with E-state index in [1.54, 1.807) is 0 Å². The topological polar surface area (TPSA) is 165 Å². The van der Waals surface area contributed by atoms with Crippen molar-refractivity contribution in [2.24, 2.45) is 7.05 Å². The number of nitrogens with zero attached hydrogens (tertiary/aromatic N) is 8. The summed E-state index contributed by atoms with van der Waals surface area (Å²) in [6.07, 6.45) is 2.51. The Morgan fingerprint density at radius 1 is 1.05 bits per heavy atom. The van der Waals surface area contributed by atoms with Crippen LogP contribution in [0, 0.1) is 6.92 Å². The zero-order valence-electron chi connectivity index (χ0n) is 32.0. The van der Waals surface area contributed by atoms with Gasteiger partial charge in [-0.1, -0.05) is 29.4 Å². The van der Waals surface area contributed by atoms with Gasteiger partial charge in [0.1, 0.15) is 11.7 Å². The Bertz CT molecular complexity index is 2580. The fourth-order valence-corrected chi connectivity index (χ4v) is 8.44. The maximum Gasteiger partial charge on any atom is 0.403 e. The molecule has 2 aliphatic heterocycles. The molecule has 300 valence electrons. The van der Waals surface area contributed by atoms with Gasteiger partial charge in [0, 0.05) is 43.7 Å². The molecule has 0 bridgehead atoms. The van der Waals surface area contributed by atoms with Crippen molar-refractivity contribution in [3.05, 3.63) is 94.7 Å². The van der Waals surface area contributed by atoms with Gasteiger partial charge in [0.2, 0.25) is 17.7 Å². The summed E-state index contributed by atoms with van der Waals surface area (Å²) < 4.78 is 48.9. The molecule has 58 heavy (non-hydrogen) atoms. The Morgan fingerprint density at radius 2 is 1.86 bits per heavy atom. The van der Waals surface area contributed by atoms with Crippen molar-refractivity contribution in [3.63, 3.8) is 0 Å². The Morgan fingerprint density at radius 3 is 2.60 bits per heavy atom. The number of benzene rings is 2. The third-order valence-corrected chi connectivity index (χ3v) is 12.1. The van der Waals surface area contributed by atoms with Crippen molar-refractivity contribution in [1.82, 2.24) is 50.1 Å². The third kappa shape index (κ3) is 6.90. The maximum absolute atomic E-state index is 13.4. The van der Waals surface area contributed by atoms with E-state index in [0.29, 0.717) is 18.8 Å². The lowest BCUT2D eigenvalue weighted by molar-refractivity contribution is -0.166. The van der Waals surface area contributed by atoms with Crippen LogP contribution < -0.4 is 10.6 Å². The molecule has 0 spiro atoms. The van der Waals surface area contributed by atoms with Gasteiger partial charge in [0.15, 0.2) is 0 Å². The fraction of sp³-hybridized carbons (Fsp3) is 0.415. The highest BCUT2D eigenvalue weighted by atomic mass is 19.4. The van der Waals surface area contributed by atoms with E-state index in [9.17, 15) is 27.6 Å². The van der Waals surface area contributed by atoms with E-state index < -0.39 is 35.1 Å². The molecule has 14 nitrogen and oxygen atoms in total. The highest BCUT2D eigenvalue weighted by molar-refractivity contribution is 6.02. The van der Waals surface area contributed by atoms with Crippen molar-refractivity contribution in [3.8, 4) is 11.3 Å². The predicted octanol–water partition coefficient (Wildman–Crippen LogP) is 5.44. The number of piperidine rings is 2. The first-order valence-electron chi connectivity index (χ1n) is 19.5. The molecule has 4 aromatic heterocycles. The number of aromatic nitrogens is 7. The molecule has 2 saturated heterocycles. The van der Waals surface area contributed by atoms with E-state index in [1.165, 1.54) is 11.9 Å². The molecular weight excluding hydrogens is 754 g/mol. The van der Waals surface area contributed by atoms with Gasteiger partial charge in [0.25, 0.3) is 11.7 Å². The summed E-state index contributed by atoms with van der Waals surface area (Å²) in [4.78, 5) is 47.8. The highest BCUT2D eigenvalue weighted by Crippen LogP contribution is 2.58. The number of fused-ring (bicyclic) bond motifs is 2. The number of rotatable bonds is 10. The number of alkyl halides is 3. The maximum atomic E-state index is 13.4. The standard InChI is InChI=1S/C41H41F3N10O4/c1-23-17-27(3-4-28(23)20-45-38(57)36-49-39(58-51-36)40(12-13-40)41(42,43)44)34-32-18-24(21-54(32)47-22-46-34)9-14-53-15-10-25(11-16-53)26-5-6-29-31(19-26)52(2)50-35(29)30-7-8-33(55)48-37(30)56/h3-6,17-19,21-22,25,30H,7-16,20H2,1-2H3,(H,45,57)(H,48,55,56). The predicted molar refractivity (Wildman–Crippen MR) is 204 cm³/mol. The summed E-state index contributed by atoms with van der Waals surface area (Å²) in [7, 11) is 1.90. The number of hydrogen-bond acceptors (Lipinski definition) is 10. The quantitative estimate of drug-likeness (QED) is 0.171. The van der Waals surface area contributed by atoms with Crippen LogP contribution in [0.5, 0.6) is 0 Å². The smallest absolute Gasteiger partial charge is 0.345 e.